The van der Waals surface area contributed by atoms with Crippen LogP contribution in [0.2, 0.25) is 0 Å². The van der Waals surface area contributed by atoms with E-state index >= 15 is 0 Å². The molecule has 3 heteroatoms. The SMILES string of the molecule is C[C@H](CC(=O)O)C(C)(C)O. The summed E-state index contributed by atoms with van der Waals surface area (Å²) in [6, 6.07) is 0. The highest BCUT2D eigenvalue weighted by atomic mass is 16.4. The number of rotatable bonds is 3. The van der Waals surface area contributed by atoms with Crippen molar-refractivity contribution in [1.82, 2.24) is 0 Å². The second kappa shape index (κ2) is 3.01. The Kier molecular flexibility index (Phi) is 2.84. The first-order valence-electron chi connectivity index (χ1n) is 3.28. The van der Waals surface area contributed by atoms with Gasteiger partial charge in [-0.25, -0.2) is 0 Å². The van der Waals surface area contributed by atoms with Crippen LogP contribution in [-0.4, -0.2) is 21.8 Å². The fourth-order valence-corrected chi connectivity index (χ4v) is 0.512. The van der Waals surface area contributed by atoms with Crippen LogP contribution in [0.25, 0.3) is 0 Å². The standard InChI is InChI=1S/C7H14O3/c1-5(4-6(8)9)7(2,3)10/h5,10H,4H2,1-3H3,(H,8,9)/t5-/m1/s1. The maximum atomic E-state index is 10.1. The Labute approximate surface area is 60.7 Å². The number of aliphatic carboxylic acids is 1. The third-order valence-electron chi connectivity index (χ3n) is 1.69. The molecule has 0 rings (SSSR count). The van der Waals surface area contributed by atoms with E-state index in [1.54, 1.807) is 20.8 Å². The number of hydrogen-bond donors (Lipinski definition) is 2. The van der Waals surface area contributed by atoms with Crippen LogP contribution in [0.3, 0.4) is 0 Å². The van der Waals surface area contributed by atoms with E-state index in [-0.39, 0.29) is 12.3 Å². The Hall–Kier alpha value is -0.570. The lowest BCUT2D eigenvalue weighted by atomic mass is 9.90. The summed E-state index contributed by atoms with van der Waals surface area (Å²) in [5.74, 6) is -1.07. The van der Waals surface area contributed by atoms with Crippen molar-refractivity contribution in [3.8, 4) is 0 Å². The van der Waals surface area contributed by atoms with Crippen molar-refractivity contribution in [2.24, 2.45) is 5.92 Å². The van der Waals surface area contributed by atoms with E-state index in [1.807, 2.05) is 0 Å². The number of aliphatic hydroxyl groups is 1. The van der Waals surface area contributed by atoms with Crippen molar-refractivity contribution in [3.05, 3.63) is 0 Å². The topological polar surface area (TPSA) is 57.5 Å². The van der Waals surface area contributed by atoms with Gasteiger partial charge in [-0.3, -0.25) is 4.79 Å². The smallest absolute Gasteiger partial charge is 0.303 e. The normalized spacial score (nSPS) is 14.8. The average molecular weight is 146 g/mol. The molecule has 0 aromatic carbocycles. The molecule has 0 aliphatic carbocycles. The number of hydrogen-bond acceptors (Lipinski definition) is 2. The minimum Gasteiger partial charge on any atom is -0.481 e. The molecule has 0 bridgehead atoms. The minimum absolute atomic E-state index is 0.0174. The Bertz CT molecular complexity index is 123. The zero-order chi connectivity index (χ0) is 8.36. The molecular formula is C7H14O3. The molecule has 0 aromatic heterocycles. The molecule has 0 saturated carbocycles. The molecule has 60 valence electrons. The summed E-state index contributed by atoms with van der Waals surface area (Å²) in [5, 5.41) is 17.6. The summed E-state index contributed by atoms with van der Waals surface area (Å²) in [7, 11) is 0. The highest BCUT2D eigenvalue weighted by Crippen LogP contribution is 2.18. The zero-order valence-electron chi connectivity index (χ0n) is 6.59. The van der Waals surface area contributed by atoms with Gasteiger partial charge in [0.05, 0.1) is 12.0 Å². The first-order valence-corrected chi connectivity index (χ1v) is 3.28. The van der Waals surface area contributed by atoms with Crippen molar-refractivity contribution in [2.75, 3.05) is 0 Å². The fraction of sp³-hybridized carbons (Fsp3) is 0.857. The molecule has 0 saturated heterocycles. The van der Waals surface area contributed by atoms with E-state index in [1.165, 1.54) is 0 Å². The largest absolute Gasteiger partial charge is 0.481 e. The molecule has 3 nitrogen and oxygen atoms in total. The molecule has 10 heavy (non-hydrogen) atoms. The van der Waals surface area contributed by atoms with Crippen LogP contribution < -0.4 is 0 Å². The van der Waals surface area contributed by atoms with E-state index in [0.717, 1.165) is 0 Å². The van der Waals surface area contributed by atoms with E-state index in [9.17, 15) is 9.90 Å². The van der Waals surface area contributed by atoms with Gasteiger partial charge in [0.25, 0.3) is 0 Å². The second-order valence-corrected chi connectivity index (χ2v) is 3.15. The van der Waals surface area contributed by atoms with E-state index in [0.29, 0.717) is 0 Å². The van der Waals surface area contributed by atoms with Gasteiger partial charge in [-0.2, -0.15) is 0 Å². The monoisotopic (exact) mass is 146 g/mol. The molecule has 0 amide bonds. The summed E-state index contributed by atoms with van der Waals surface area (Å²) in [4.78, 5) is 10.1. The van der Waals surface area contributed by atoms with Crippen molar-refractivity contribution >= 4 is 5.97 Å². The minimum atomic E-state index is -0.890. The molecule has 0 aliphatic heterocycles. The lowest BCUT2D eigenvalue weighted by Gasteiger charge is -2.23. The van der Waals surface area contributed by atoms with Crippen LogP contribution in [0.1, 0.15) is 27.2 Å². The van der Waals surface area contributed by atoms with Crippen LogP contribution in [0.4, 0.5) is 0 Å². The van der Waals surface area contributed by atoms with Crippen LogP contribution in [0.5, 0.6) is 0 Å². The zero-order valence-corrected chi connectivity index (χ0v) is 6.59. The van der Waals surface area contributed by atoms with Gasteiger partial charge in [0, 0.05) is 0 Å². The molecule has 0 aliphatic rings. The highest BCUT2D eigenvalue weighted by molar-refractivity contribution is 5.67. The molecule has 0 spiro atoms. The van der Waals surface area contributed by atoms with Gasteiger partial charge in [0.15, 0.2) is 0 Å². The molecule has 0 unspecified atom stereocenters. The van der Waals surface area contributed by atoms with E-state index in [2.05, 4.69) is 0 Å². The van der Waals surface area contributed by atoms with Crippen LogP contribution in [-0.2, 0) is 4.79 Å². The van der Waals surface area contributed by atoms with Crippen molar-refractivity contribution in [1.29, 1.82) is 0 Å². The lowest BCUT2D eigenvalue weighted by molar-refractivity contribution is -0.140. The number of carboxylic acids is 1. The first-order chi connectivity index (χ1) is 4.34. The van der Waals surface area contributed by atoms with Crippen LogP contribution >= 0.6 is 0 Å². The molecule has 0 heterocycles. The Morgan fingerprint density at radius 3 is 2.10 bits per heavy atom. The van der Waals surface area contributed by atoms with Crippen LogP contribution in [0.15, 0.2) is 0 Å². The summed E-state index contributed by atoms with van der Waals surface area (Å²) in [5.41, 5.74) is -0.890. The summed E-state index contributed by atoms with van der Waals surface area (Å²) in [6.45, 7) is 4.94. The lowest BCUT2D eigenvalue weighted by Crippen LogP contribution is -2.30. The predicted molar refractivity (Wildman–Crippen MR) is 37.7 cm³/mol. The average Bonchev–Trinajstić information content (AvgIpc) is 1.60. The number of carbonyl (C=O) groups is 1. The van der Waals surface area contributed by atoms with Crippen molar-refractivity contribution in [2.45, 2.75) is 32.8 Å². The van der Waals surface area contributed by atoms with Crippen molar-refractivity contribution in [3.63, 3.8) is 0 Å². The second-order valence-electron chi connectivity index (χ2n) is 3.15. The molecule has 0 aromatic rings. The Balaban J connectivity index is 3.85. The number of carboxylic acid groups (broad SMARTS) is 1. The predicted octanol–water partition coefficient (Wildman–Crippen LogP) is 0.868. The molecular weight excluding hydrogens is 132 g/mol. The van der Waals surface area contributed by atoms with Crippen molar-refractivity contribution < 1.29 is 15.0 Å². The van der Waals surface area contributed by atoms with Gasteiger partial charge < -0.3 is 10.2 Å². The molecule has 1 atom stereocenters. The third-order valence-corrected chi connectivity index (χ3v) is 1.69. The van der Waals surface area contributed by atoms with Gasteiger partial charge in [0.2, 0.25) is 0 Å². The molecule has 0 fully saturated rings. The summed E-state index contributed by atoms with van der Waals surface area (Å²) in [6.07, 6.45) is 0.0174. The van der Waals surface area contributed by atoms with Gasteiger partial charge in [0.1, 0.15) is 0 Å². The van der Waals surface area contributed by atoms with Gasteiger partial charge >= 0.3 is 5.97 Å². The van der Waals surface area contributed by atoms with E-state index in [4.69, 9.17) is 5.11 Å². The Morgan fingerprint density at radius 1 is 1.60 bits per heavy atom. The fourth-order valence-electron chi connectivity index (χ4n) is 0.512. The van der Waals surface area contributed by atoms with Gasteiger partial charge in [-0.15, -0.1) is 0 Å². The quantitative estimate of drug-likeness (QED) is 0.621. The van der Waals surface area contributed by atoms with Gasteiger partial charge in [-0.05, 0) is 19.8 Å². The van der Waals surface area contributed by atoms with Crippen LogP contribution in [0, 0.1) is 5.92 Å². The molecule has 2 N–H and O–H groups in total. The first kappa shape index (κ1) is 9.43. The van der Waals surface area contributed by atoms with E-state index < -0.39 is 11.6 Å². The van der Waals surface area contributed by atoms with Gasteiger partial charge in [-0.1, -0.05) is 6.92 Å². The third kappa shape index (κ3) is 3.45. The highest BCUT2D eigenvalue weighted by Gasteiger charge is 2.23. The molecule has 0 radical (unpaired) electrons. The maximum Gasteiger partial charge on any atom is 0.303 e. The summed E-state index contributed by atoms with van der Waals surface area (Å²) >= 11 is 0. The Morgan fingerprint density at radius 2 is 2.00 bits per heavy atom. The maximum absolute atomic E-state index is 10.1. The summed E-state index contributed by atoms with van der Waals surface area (Å²) < 4.78 is 0.